The smallest absolute Gasteiger partial charge is 0.329 e. The van der Waals surface area contributed by atoms with Crippen LogP contribution < -0.4 is 10.6 Å². The number of carboxylic acid groups (broad SMARTS) is 1. The van der Waals surface area contributed by atoms with Crippen LogP contribution in [-0.4, -0.2) is 53.7 Å². The second-order valence-corrected chi connectivity index (χ2v) is 5.89. The number of likely N-dealkylation sites (tertiary alicyclic amines) is 1. The monoisotopic (exact) mass is 269 g/mol. The van der Waals surface area contributed by atoms with Crippen molar-refractivity contribution in [3.8, 4) is 0 Å². The molecule has 2 atom stereocenters. The van der Waals surface area contributed by atoms with Gasteiger partial charge in [-0.25, -0.2) is 9.59 Å². The van der Waals surface area contributed by atoms with E-state index >= 15 is 0 Å². The summed E-state index contributed by atoms with van der Waals surface area (Å²) in [6.07, 6.45) is 3.97. The summed E-state index contributed by atoms with van der Waals surface area (Å²) in [5.74, 6) is -0.895. The summed E-state index contributed by atoms with van der Waals surface area (Å²) >= 11 is 0. The molecule has 2 unspecified atom stereocenters. The van der Waals surface area contributed by atoms with Crippen LogP contribution in [0.1, 0.15) is 32.6 Å². The van der Waals surface area contributed by atoms with Crippen molar-refractivity contribution >= 4 is 12.0 Å². The number of carbonyl (C=O) groups is 2. The fraction of sp³-hybridized carbons (Fsp3) is 0.846. The molecule has 2 amide bonds. The maximum Gasteiger partial charge on any atom is 0.329 e. The summed E-state index contributed by atoms with van der Waals surface area (Å²) in [6.45, 7) is 3.22. The van der Waals surface area contributed by atoms with E-state index in [1.165, 1.54) is 0 Å². The SMILES string of the molecule is CN1CCCC1CNC(=O)NC(C)(C(=O)O)C1CC1. The number of nitrogens with one attached hydrogen (secondary N) is 2. The van der Waals surface area contributed by atoms with E-state index in [2.05, 4.69) is 15.5 Å². The van der Waals surface area contributed by atoms with Gasteiger partial charge in [-0.3, -0.25) is 0 Å². The van der Waals surface area contributed by atoms with Crippen molar-refractivity contribution in [2.75, 3.05) is 20.1 Å². The molecule has 3 N–H and O–H groups in total. The van der Waals surface area contributed by atoms with Crippen LogP contribution in [0.2, 0.25) is 0 Å². The molecule has 0 bridgehead atoms. The molecule has 1 aliphatic heterocycles. The van der Waals surface area contributed by atoms with Gasteiger partial charge in [0.05, 0.1) is 0 Å². The first kappa shape index (κ1) is 14.1. The molecular formula is C13H23N3O3. The highest BCUT2D eigenvalue weighted by Gasteiger charge is 2.48. The first-order chi connectivity index (χ1) is 8.93. The zero-order chi connectivity index (χ0) is 14.0. The topological polar surface area (TPSA) is 81.7 Å². The lowest BCUT2D eigenvalue weighted by Gasteiger charge is -2.27. The number of rotatable bonds is 5. The number of urea groups is 1. The summed E-state index contributed by atoms with van der Waals surface area (Å²) in [6, 6.07) is -0.0140. The second-order valence-electron chi connectivity index (χ2n) is 5.89. The molecule has 0 aromatic heterocycles. The lowest BCUT2D eigenvalue weighted by Crippen LogP contribution is -2.57. The average Bonchev–Trinajstić information content (AvgIpc) is 3.11. The third-order valence-electron chi connectivity index (χ3n) is 4.38. The number of likely N-dealkylation sites (N-methyl/N-ethyl adjacent to an activating group) is 1. The number of hydrogen-bond donors (Lipinski definition) is 3. The van der Waals surface area contributed by atoms with E-state index < -0.39 is 11.5 Å². The summed E-state index contributed by atoms with van der Waals surface area (Å²) in [5.41, 5.74) is -1.13. The maximum atomic E-state index is 11.9. The molecule has 6 heteroatoms. The Morgan fingerprint density at radius 3 is 2.53 bits per heavy atom. The van der Waals surface area contributed by atoms with Crippen LogP contribution in [0.15, 0.2) is 0 Å². The maximum absolute atomic E-state index is 11.9. The molecule has 19 heavy (non-hydrogen) atoms. The Labute approximate surface area is 113 Å². The molecule has 2 fully saturated rings. The number of hydrogen-bond acceptors (Lipinski definition) is 3. The van der Waals surface area contributed by atoms with Crippen LogP contribution in [0.4, 0.5) is 4.79 Å². The molecule has 2 rings (SSSR count). The molecule has 0 radical (unpaired) electrons. The fourth-order valence-corrected chi connectivity index (χ4v) is 2.72. The fourth-order valence-electron chi connectivity index (χ4n) is 2.72. The Hall–Kier alpha value is -1.30. The van der Waals surface area contributed by atoms with E-state index in [1.54, 1.807) is 6.92 Å². The number of carbonyl (C=O) groups excluding carboxylic acids is 1. The van der Waals surface area contributed by atoms with Crippen molar-refractivity contribution in [2.45, 2.75) is 44.2 Å². The van der Waals surface area contributed by atoms with Gasteiger partial charge in [0, 0.05) is 12.6 Å². The standard InChI is InChI=1S/C13H23N3O3/c1-13(11(17)18,9-5-6-9)15-12(19)14-8-10-4-3-7-16(10)2/h9-10H,3-8H2,1-2H3,(H,17,18)(H2,14,15,19). The molecule has 1 saturated carbocycles. The highest BCUT2D eigenvalue weighted by molar-refractivity contribution is 5.86. The molecule has 1 aliphatic carbocycles. The molecule has 6 nitrogen and oxygen atoms in total. The molecule has 1 saturated heterocycles. The zero-order valence-electron chi connectivity index (χ0n) is 11.6. The summed E-state index contributed by atoms with van der Waals surface area (Å²) in [5, 5.41) is 14.7. The van der Waals surface area contributed by atoms with Gasteiger partial charge in [0.1, 0.15) is 5.54 Å². The van der Waals surface area contributed by atoms with E-state index in [0.717, 1.165) is 32.2 Å². The Morgan fingerprint density at radius 2 is 2.05 bits per heavy atom. The van der Waals surface area contributed by atoms with Gasteiger partial charge < -0.3 is 20.6 Å². The average molecular weight is 269 g/mol. The zero-order valence-corrected chi connectivity index (χ0v) is 11.6. The number of nitrogens with zero attached hydrogens (tertiary/aromatic N) is 1. The number of amides is 2. The predicted molar refractivity (Wildman–Crippen MR) is 71.0 cm³/mol. The van der Waals surface area contributed by atoms with Crippen LogP contribution in [0.3, 0.4) is 0 Å². The van der Waals surface area contributed by atoms with Gasteiger partial charge in [-0.1, -0.05) is 0 Å². The van der Waals surface area contributed by atoms with Crippen molar-refractivity contribution < 1.29 is 14.7 Å². The normalized spacial score (nSPS) is 26.7. The minimum atomic E-state index is -1.13. The quantitative estimate of drug-likeness (QED) is 0.684. The van der Waals surface area contributed by atoms with E-state index in [4.69, 9.17) is 0 Å². The minimum absolute atomic E-state index is 0.0601. The van der Waals surface area contributed by atoms with Gasteiger partial charge in [-0.2, -0.15) is 0 Å². The predicted octanol–water partition coefficient (Wildman–Crippen LogP) is 0.633. The summed E-state index contributed by atoms with van der Waals surface area (Å²) in [4.78, 5) is 25.4. The van der Waals surface area contributed by atoms with Crippen molar-refractivity contribution in [1.82, 2.24) is 15.5 Å². The Balaban J connectivity index is 1.81. The van der Waals surface area contributed by atoms with E-state index in [-0.39, 0.29) is 11.9 Å². The van der Waals surface area contributed by atoms with Crippen molar-refractivity contribution in [2.24, 2.45) is 5.92 Å². The van der Waals surface area contributed by atoms with Crippen molar-refractivity contribution in [3.05, 3.63) is 0 Å². The van der Waals surface area contributed by atoms with Gasteiger partial charge in [-0.05, 0) is 52.1 Å². The van der Waals surface area contributed by atoms with Crippen molar-refractivity contribution in [1.29, 1.82) is 0 Å². The second kappa shape index (κ2) is 5.36. The van der Waals surface area contributed by atoms with E-state index in [9.17, 15) is 14.7 Å². The largest absolute Gasteiger partial charge is 0.480 e. The van der Waals surface area contributed by atoms with Crippen LogP contribution >= 0.6 is 0 Å². The number of carboxylic acids is 1. The Bertz CT molecular complexity index is 370. The van der Waals surface area contributed by atoms with Crippen LogP contribution in [0.5, 0.6) is 0 Å². The van der Waals surface area contributed by atoms with Gasteiger partial charge in [0.2, 0.25) is 0 Å². The lowest BCUT2D eigenvalue weighted by molar-refractivity contribution is -0.144. The highest BCUT2D eigenvalue weighted by Crippen LogP contribution is 2.39. The summed E-state index contributed by atoms with van der Waals surface area (Å²) in [7, 11) is 2.04. The first-order valence-corrected chi connectivity index (χ1v) is 6.93. The van der Waals surface area contributed by atoms with Crippen LogP contribution in [0.25, 0.3) is 0 Å². The lowest BCUT2D eigenvalue weighted by atomic mass is 9.96. The van der Waals surface area contributed by atoms with Gasteiger partial charge in [0.25, 0.3) is 0 Å². The molecule has 1 heterocycles. The Morgan fingerprint density at radius 1 is 1.37 bits per heavy atom. The minimum Gasteiger partial charge on any atom is -0.480 e. The third-order valence-corrected chi connectivity index (χ3v) is 4.38. The molecule has 0 aromatic carbocycles. The Kier molecular flexibility index (Phi) is 3.99. The number of aliphatic carboxylic acids is 1. The molecule has 0 aromatic rings. The van der Waals surface area contributed by atoms with Crippen LogP contribution in [-0.2, 0) is 4.79 Å². The molecule has 108 valence electrons. The van der Waals surface area contributed by atoms with E-state index in [1.807, 2.05) is 7.05 Å². The third kappa shape index (κ3) is 3.18. The van der Waals surface area contributed by atoms with E-state index in [0.29, 0.717) is 12.6 Å². The van der Waals surface area contributed by atoms with Gasteiger partial charge >= 0.3 is 12.0 Å². The van der Waals surface area contributed by atoms with Crippen molar-refractivity contribution in [3.63, 3.8) is 0 Å². The molecular weight excluding hydrogens is 246 g/mol. The van der Waals surface area contributed by atoms with Gasteiger partial charge in [0.15, 0.2) is 0 Å². The van der Waals surface area contributed by atoms with Gasteiger partial charge in [-0.15, -0.1) is 0 Å². The van der Waals surface area contributed by atoms with Crippen LogP contribution in [0, 0.1) is 5.92 Å². The summed E-state index contributed by atoms with van der Waals surface area (Å²) < 4.78 is 0. The molecule has 2 aliphatic rings. The molecule has 0 spiro atoms. The highest BCUT2D eigenvalue weighted by atomic mass is 16.4. The first-order valence-electron chi connectivity index (χ1n) is 6.93.